The van der Waals surface area contributed by atoms with Gasteiger partial charge in [0.2, 0.25) is 0 Å². The smallest absolute Gasteiger partial charge is 0.277 e. The van der Waals surface area contributed by atoms with Crippen molar-refractivity contribution in [1.29, 1.82) is 0 Å². The summed E-state index contributed by atoms with van der Waals surface area (Å²) >= 11 is 0. The standard InChI is InChI=1S/C15H19N5O.ClH/c1-11-2-4-12(5-3-11)17-15(21)14-10-20(19-18-14)13-6-8-16-9-7-13;/h2-5,10,13,16H,6-9H2,1H3,(H,17,21);1H. The maximum absolute atomic E-state index is 12.2. The Bertz CT molecular complexity index is 619. The molecule has 22 heavy (non-hydrogen) atoms. The second-order valence-corrected chi connectivity index (χ2v) is 5.39. The van der Waals surface area contributed by atoms with Gasteiger partial charge in [0.05, 0.1) is 12.2 Å². The van der Waals surface area contributed by atoms with Gasteiger partial charge in [-0.25, -0.2) is 4.68 Å². The minimum Gasteiger partial charge on any atom is -0.321 e. The highest BCUT2D eigenvalue weighted by molar-refractivity contribution is 6.02. The predicted molar refractivity (Wildman–Crippen MR) is 87.5 cm³/mol. The van der Waals surface area contributed by atoms with Gasteiger partial charge in [-0.2, -0.15) is 0 Å². The van der Waals surface area contributed by atoms with Gasteiger partial charge in [-0.15, -0.1) is 17.5 Å². The summed E-state index contributed by atoms with van der Waals surface area (Å²) in [6.45, 7) is 3.97. The molecule has 7 heteroatoms. The summed E-state index contributed by atoms with van der Waals surface area (Å²) in [5.74, 6) is -0.223. The van der Waals surface area contributed by atoms with Crippen LogP contribution < -0.4 is 10.6 Å². The first-order valence-electron chi connectivity index (χ1n) is 7.23. The Labute approximate surface area is 135 Å². The second-order valence-electron chi connectivity index (χ2n) is 5.39. The van der Waals surface area contributed by atoms with E-state index >= 15 is 0 Å². The van der Waals surface area contributed by atoms with Crippen LogP contribution in [0, 0.1) is 6.92 Å². The number of nitrogens with one attached hydrogen (secondary N) is 2. The summed E-state index contributed by atoms with van der Waals surface area (Å²) in [5.41, 5.74) is 2.28. The molecule has 6 nitrogen and oxygen atoms in total. The first-order chi connectivity index (χ1) is 10.2. The first-order valence-corrected chi connectivity index (χ1v) is 7.23. The zero-order valence-corrected chi connectivity index (χ0v) is 13.3. The van der Waals surface area contributed by atoms with Crippen molar-refractivity contribution in [2.75, 3.05) is 18.4 Å². The minimum absolute atomic E-state index is 0. The number of piperidine rings is 1. The molecular formula is C15H20ClN5O. The number of rotatable bonds is 3. The van der Waals surface area contributed by atoms with Gasteiger partial charge in [0.15, 0.2) is 5.69 Å². The van der Waals surface area contributed by atoms with Gasteiger partial charge in [-0.3, -0.25) is 4.79 Å². The number of carbonyl (C=O) groups excluding carboxylic acids is 1. The van der Waals surface area contributed by atoms with Crippen molar-refractivity contribution in [3.8, 4) is 0 Å². The third-order valence-corrected chi connectivity index (χ3v) is 3.74. The molecule has 0 saturated carbocycles. The SMILES string of the molecule is Cc1ccc(NC(=O)c2cn(C3CCNCC3)nn2)cc1.Cl. The largest absolute Gasteiger partial charge is 0.321 e. The van der Waals surface area contributed by atoms with E-state index in [-0.39, 0.29) is 18.3 Å². The predicted octanol–water partition coefficient (Wildman–Crippen LogP) is 2.19. The summed E-state index contributed by atoms with van der Waals surface area (Å²) in [6, 6.07) is 8.01. The van der Waals surface area contributed by atoms with Gasteiger partial charge >= 0.3 is 0 Å². The molecule has 0 spiro atoms. The van der Waals surface area contributed by atoms with E-state index in [1.165, 1.54) is 0 Å². The molecule has 1 aliphatic rings. The zero-order valence-electron chi connectivity index (χ0n) is 12.5. The molecule has 0 atom stereocenters. The third kappa shape index (κ3) is 3.84. The molecule has 1 fully saturated rings. The lowest BCUT2D eigenvalue weighted by Gasteiger charge is -2.22. The Morgan fingerprint density at radius 3 is 2.64 bits per heavy atom. The van der Waals surface area contributed by atoms with Gasteiger partial charge < -0.3 is 10.6 Å². The summed E-state index contributed by atoms with van der Waals surface area (Å²) in [4.78, 5) is 12.2. The maximum atomic E-state index is 12.2. The molecule has 118 valence electrons. The van der Waals surface area contributed by atoms with Crippen LogP contribution in [-0.4, -0.2) is 34.0 Å². The van der Waals surface area contributed by atoms with Crippen molar-refractivity contribution >= 4 is 24.0 Å². The van der Waals surface area contributed by atoms with Crippen LogP contribution in [0.4, 0.5) is 5.69 Å². The van der Waals surface area contributed by atoms with Crippen LogP contribution in [0.1, 0.15) is 34.9 Å². The van der Waals surface area contributed by atoms with Crippen molar-refractivity contribution < 1.29 is 4.79 Å². The minimum atomic E-state index is -0.223. The highest BCUT2D eigenvalue weighted by atomic mass is 35.5. The fourth-order valence-corrected chi connectivity index (χ4v) is 2.46. The molecule has 3 rings (SSSR count). The van der Waals surface area contributed by atoms with Crippen LogP contribution in [0.2, 0.25) is 0 Å². The molecule has 1 aromatic heterocycles. The number of nitrogens with zero attached hydrogens (tertiary/aromatic N) is 3. The van der Waals surface area contributed by atoms with Gasteiger partial charge in [-0.1, -0.05) is 22.9 Å². The molecule has 2 aromatic rings. The number of benzene rings is 1. The van der Waals surface area contributed by atoms with E-state index in [4.69, 9.17) is 0 Å². The number of aromatic nitrogens is 3. The van der Waals surface area contributed by atoms with Crippen molar-refractivity contribution in [3.05, 3.63) is 41.7 Å². The van der Waals surface area contributed by atoms with Gasteiger partial charge in [0.1, 0.15) is 0 Å². The normalized spacial score (nSPS) is 15.1. The van der Waals surface area contributed by atoms with Crippen LogP contribution in [0.25, 0.3) is 0 Å². The number of hydrogen-bond donors (Lipinski definition) is 2. The Morgan fingerprint density at radius 1 is 1.27 bits per heavy atom. The fraction of sp³-hybridized carbons (Fsp3) is 0.400. The third-order valence-electron chi connectivity index (χ3n) is 3.74. The van der Waals surface area contributed by atoms with Crippen LogP contribution in [0.15, 0.2) is 30.5 Å². The van der Waals surface area contributed by atoms with Gasteiger partial charge in [0.25, 0.3) is 5.91 Å². The van der Waals surface area contributed by atoms with Gasteiger partial charge in [0, 0.05) is 5.69 Å². The molecular weight excluding hydrogens is 302 g/mol. The summed E-state index contributed by atoms with van der Waals surface area (Å²) in [5, 5.41) is 14.2. The first kappa shape index (κ1) is 16.5. The molecule has 1 saturated heterocycles. The monoisotopic (exact) mass is 321 g/mol. The highest BCUT2D eigenvalue weighted by Gasteiger charge is 2.18. The summed E-state index contributed by atoms with van der Waals surface area (Å²) in [6.07, 6.45) is 3.77. The van der Waals surface area contributed by atoms with E-state index < -0.39 is 0 Å². The summed E-state index contributed by atoms with van der Waals surface area (Å²) < 4.78 is 1.81. The number of amides is 1. The molecule has 0 radical (unpaired) electrons. The highest BCUT2D eigenvalue weighted by Crippen LogP contribution is 2.17. The van der Waals surface area contributed by atoms with Crippen molar-refractivity contribution in [1.82, 2.24) is 20.3 Å². The lowest BCUT2D eigenvalue weighted by molar-refractivity contribution is 0.102. The number of hydrogen-bond acceptors (Lipinski definition) is 4. The van der Waals surface area contributed by atoms with E-state index in [1.807, 2.05) is 35.9 Å². The molecule has 1 aliphatic heterocycles. The van der Waals surface area contributed by atoms with Crippen molar-refractivity contribution in [2.45, 2.75) is 25.8 Å². The average Bonchev–Trinajstić information content (AvgIpc) is 3.00. The van der Waals surface area contributed by atoms with Crippen molar-refractivity contribution in [2.24, 2.45) is 0 Å². The molecule has 0 unspecified atom stereocenters. The van der Waals surface area contributed by atoms with Crippen LogP contribution >= 0.6 is 12.4 Å². The lowest BCUT2D eigenvalue weighted by Crippen LogP contribution is -2.29. The van der Waals surface area contributed by atoms with Crippen LogP contribution in [0.5, 0.6) is 0 Å². The summed E-state index contributed by atoms with van der Waals surface area (Å²) in [7, 11) is 0. The van der Waals surface area contributed by atoms with Crippen molar-refractivity contribution in [3.63, 3.8) is 0 Å². The average molecular weight is 322 g/mol. The molecule has 2 heterocycles. The lowest BCUT2D eigenvalue weighted by atomic mass is 10.1. The van der Waals surface area contributed by atoms with E-state index in [1.54, 1.807) is 6.20 Å². The fourth-order valence-electron chi connectivity index (χ4n) is 2.46. The molecule has 1 amide bonds. The molecule has 0 aliphatic carbocycles. The van der Waals surface area contributed by atoms with E-state index in [2.05, 4.69) is 20.9 Å². The molecule has 1 aromatic carbocycles. The number of halogens is 1. The molecule has 0 bridgehead atoms. The van der Waals surface area contributed by atoms with Crippen LogP contribution in [-0.2, 0) is 0 Å². The Kier molecular flexibility index (Phi) is 5.51. The van der Waals surface area contributed by atoms with E-state index in [0.717, 1.165) is 37.2 Å². The quantitative estimate of drug-likeness (QED) is 0.909. The zero-order chi connectivity index (χ0) is 14.7. The molecule has 2 N–H and O–H groups in total. The Morgan fingerprint density at radius 2 is 1.95 bits per heavy atom. The second kappa shape index (κ2) is 7.38. The number of carbonyl (C=O) groups is 1. The Hall–Kier alpha value is -1.92. The Balaban J connectivity index is 0.00000176. The topological polar surface area (TPSA) is 71.8 Å². The van der Waals surface area contributed by atoms with E-state index in [9.17, 15) is 4.79 Å². The number of aryl methyl sites for hydroxylation is 1. The van der Waals surface area contributed by atoms with Gasteiger partial charge in [-0.05, 0) is 45.0 Å². The van der Waals surface area contributed by atoms with E-state index in [0.29, 0.717) is 11.7 Å². The maximum Gasteiger partial charge on any atom is 0.277 e. The van der Waals surface area contributed by atoms with Crippen LogP contribution in [0.3, 0.4) is 0 Å². The number of anilines is 1.